The van der Waals surface area contributed by atoms with Crippen LogP contribution in [0.25, 0.3) is 0 Å². The molecule has 112 valence electrons. The molecule has 0 fully saturated rings. The molecular formula is C11H7BrCl2N2O2S3. The van der Waals surface area contributed by atoms with Gasteiger partial charge >= 0.3 is 0 Å². The van der Waals surface area contributed by atoms with Crippen LogP contribution in [-0.2, 0) is 10.0 Å². The van der Waals surface area contributed by atoms with Crippen molar-refractivity contribution in [2.75, 3.05) is 4.72 Å². The highest BCUT2D eigenvalue weighted by molar-refractivity contribution is 9.11. The third-order valence-corrected chi connectivity index (χ3v) is 7.26. The largest absolute Gasteiger partial charge is 0.389 e. The zero-order chi connectivity index (χ0) is 15.8. The highest BCUT2D eigenvalue weighted by Crippen LogP contribution is 2.36. The Morgan fingerprint density at radius 2 is 1.95 bits per heavy atom. The smallest absolute Gasteiger partial charge is 0.271 e. The fourth-order valence-corrected chi connectivity index (χ4v) is 5.23. The highest BCUT2D eigenvalue weighted by atomic mass is 79.9. The number of sulfonamides is 1. The van der Waals surface area contributed by atoms with Crippen molar-refractivity contribution in [2.45, 2.75) is 4.21 Å². The van der Waals surface area contributed by atoms with Crippen LogP contribution in [0.3, 0.4) is 0 Å². The SMILES string of the molecule is NC(=S)c1ccc(Cl)c(NS(=O)(=O)c2cc(Cl)c(Br)s2)c1. The van der Waals surface area contributed by atoms with Gasteiger partial charge in [0.15, 0.2) is 0 Å². The first-order valence-electron chi connectivity index (χ1n) is 5.27. The summed E-state index contributed by atoms with van der Waals surface area (Å²) in [5.41, 5.74) is 6.23. The molecule has 1 heterocycles. The molecule has 2 aromatic rings. The van der Waals surface area contributed by atoms with E-state index in [0.29, 0.717) is 14.4 Å². The predicted molar refractivity (Wildman–Crippen MR) is 95.2 cm³/mol. The van der Waals surface area contributed by atoms with Gasteiger partial charge in [-0.1, -0.05) is 41.5 Å². The lowest BCUT2D eigenvalue weighted by Gasteiger charge is -2.09. The summed E-state index contributed by atoms with van der Waals surface area (Å²) < 4.78 is 27.6. The van der Waals surface area contributed by atoms with Crippen molar-refractivity contribution in [3.63, 3.8) is 0 Å². The monoisotopic (exact) mass is 444 g/mol. The van der Waals surface area contributed by atoms with E-state index in [4.69, 9.17) is 41.2 Å². The molecule has 10 heteroatoms. The maximum atomic E-state index is 12.3. The Hall–Kier alpha value is -0.380. The summed E-state index contributed by atoms with van der Waals surface area (Å²) in [4.78, 5) is 0.147. The van der Waals surface area contributed by atoms with E-state index in [1.54, 1.807) is 6.07 Å². The number of thiophene rings is 1. The van der Waals surface area contributed by atoms with Crippen molar-refractivity contribution < 1.29 is 8.42 Å². The van der Waals surface area contributed by atoms with Crippen LogP contribution in [0.4, 0.5) is 5.69 Å². The molecule has 0 amide bonds. The lowest BCUT2D eigenvalue weighted by molar-refractivity contribution is 0.603. The topological polar surface area (TPSA) is 72.2 Å². The van der Waals surface area contributed by atoms with Crippen molar-refractivity contribution in [2.24, 2.45) is 5.73 Å². The van der Waals surface area contributed by atoms with Crippen molar-refractivity contribution in [3.8, 4) is 0 Å². The summed E-state index contributed by atoms with van der Waals surface area (Å²) in [6, 6.07) is 5.96. The van der Waals surface area contributed by atoms with E-state index in [1.807, 2.05) is 0 Å². The Balaban J connectivity index is 2.41. The average Bonchev–Trinajstić information content (AvgIpc) is 2.73. The summed E-state index contributed by atoms with van der Waals surface area (Å²) in [5.74, 6) is 0. The molecule has 0 aliphatic heterocycles. The van der Waals surface area contributed by atoms with Crippen molar-refractivity contribution in [1.29, 1.82) is 0 Å². The van der Waals surface area contributed by atoms with Crippen LogP contribution >= 0.6 is 62.7 Å². The average molecular weight is 446 g/mol. The lowest BCUT2D eigenvalue weighted by atomic mass is 10.2. The van der Waals surface area contributed by atoms with Crippen LogP contribution in [0.15, 0.2) is 32.3 Å². The van der Waals surface area contributed by atoms with Crippen molar-refractivity contribution in [3.05, 3.63) is 43.7 Å². The van der Waals surface area contributed by atoms with E-state index >= 15 is 0 Å². The normalized spacial score (nSPS) is 11.4. The molecule has 0 atom stereocenters. The molecular weight excluding hydrogens is 439 g/mol. The molecule has 4 nitrogen and oxygen atoms in total. The van der Waals surface area contributed by atoms with Crippen LogP contribution in [0.5, 0.6) is 0 Å². The van der Waals surface area contributed by atoms with Crippen LogP contribution < -0.4 is 10.5 Å². The molecule has 0 unspecified atom stereocenters. The number of nitrogens with two attached hydrogens (primary N) is 1. The number of hydrogen-bond donors (Lipinski definition) is 2. The molecule has 0 saturated carbocycles. The zero-order valence-electron chi connectivity index (χ0n) is 10.1. The Kier molecular flexibility index (Phi) is 5.17. The van der Waals surface area contributed by atoms with E-state index in [1.165, 1.54) is 18.2 Å². The first-order chi connectivity index (χ1) is 9.70. The van der Waals surface area contributed by atoms with E-state index < -0.39 is 10.0 Å². The van der Waals surface area contributed by atoms with Crippen LogP contribution in [0.1, 0.15) is 5.56 Å². The summed E-state index contributed by atoms with van der Waals surface area (Å²) in [5, 5.41) is 0.559. The Morgan fingerprint density at radius 1 is 1.29 bits per heavy atom. The van der Waals surface area contributed by atoms with Gasteiger partial charge in [0.1, 0.15) is 9.20 Å². The maximum absolute atomic E-state index is 12.3. The second-order valence-electron chi connectivity index (χ2n) is 3.85. The van der Waals surface area contributed by atoms with E-state index in [9.17, 15) is 8.42 Å². The fourth-order valence-electron chi connectivity index (χ4n) is 1.41. The molecule has 0 bridgehead atoms. The van der Waals surface area contributed by atoms with Gasteiger partial charge in [0.2, 0.25) is 0 Å². The number of benzene rings is 1. The van der Waals surface area contributed by atoms with Crippen LogP contribution in [0.2, 0.25) is 10.0 Å². The second-order valence-corrected chi connectivity index (χ2v) is 9.39. The van der Waals surface area contributed by atoms with Crippen molar-refractivity contribution in [1.82, 2.24) is 0 Å². The Labute approximate surface area is 149 Å². The van der Waals surface area contributed by atoms with Gasteiger partial charge in [0.25, 0.3) is 10.0 Å². The quantitative estimate of drug-likeness (QED) is 0.689. The van der Waals surface area contributed by atoms with Gasteiger partial charge < -0.3 is 5.73 Å². The molecule has 0 radical (unpaired) electrons. The highest BCUT2D eigenvalue weighted by Gasteiger charge is 2.20. The van der Waals surface area contributed by atoms with Gasteiger partial charge in [-0.05, 0) is 34.1 Å². The first kappa shape index (κ1) is 17.0. The number of thiocarbonyl (C=S) groups is 1. The second kappa shape index (κ2) is 6.39. The van der Waals surface area contributed by atoms with Crippen molar-refractivity contribution >= 4 is 83.4 Å². The van der Waals surface area contributed by atoms with E-state index in [-0.39, 0.29) is 19.9 Å². The molecule has 21 heavy (non-hydrogen) atoms. The zero-order valence-corrected chi connectivity index (χ0v) is 15.6. The third-order valence-electron chi connectivity index (χ3n) is 2.38. The first-order valence-corrected chi connectivity index (χ1v) is 9.53. The van der Waals surface area contributed by atoms with E-state index in [0.717, 1.165) is 11.3 Å². The molecule has 0 saturated heterocycles. The minimum absolute atomic E-state index is 0.0659. The summed E-state index contributed by atoms with van der Waals surface area (Å²) >= 11 is 20.9. The maximum Gasteiger partial charge on any atom is 0.271 e. The number of anilines is 1. The summed E-state index contributed by atoms with van der Waals surface area (Å²) in [6.07, 6.45) is 0. The number of rotatable bonds is 4. The number of halogens is 3. The van der Waals surface area contributed by atoms with Crippen LogP contribution in [-0.4, -0.2) is 13.4 Å². The molecule has 0 aliphatic carbocycles. The van der Waals surface area contributed by atoms with Gasteiger partial charge in [-0.2, -0.15) is 0 Å². The lowest BCUT2D eigenvalue weighted by Crippen LogP contribution is -2.14. The third kappa shape index (κ3) is 3.88. The molecule has 3 N–H and O–H groups in total. The molecule has 0 spiro atoms. The fraction of sp³-hybridized carbons (Fsp3) is 0. The minimum Gasteiger partial charge on any atom is -0.389 e. The van der Waals surface area contributed by atoms with Gasteiger partial charge in [0, 0.05) is 5.56 Å². The number of hydrogen-bond acceptors (Lipinski definition) is 4. The van der Waals surface area contributed by atoms with Crippen LogP contribution in [0, 0.1) is 0 Å². The summed E-state index contributed by atoms with van der Waals surface area (Å²) in [6.45, 7) is 0. The molecule has 1 aromatic carbocycles. The van der Waals surface area contributed by atoms with Gasteiger partial charge in [-0.25, -0.2) is 8.42 Å². The molecule has 0 aliphatic rings. The minimum atomic E-state index is -3.79. The van der Waals surface area contributed by atoms with Gasteiger partial charge in [-0.3, -0.25) is 4.72 Å². The Morgan fingerprint density at radius 3 is 2.48 bits per heavy atom. The summed E-state index contributed by atoms with van der Waals surface area (Å²) in [7, 11) is -3.79. The van der Waals surface area contributed by atoms with E-state index in [2.05, 4.69) is 20.7 Å². The molecule has 2 rings (SSSR count). The Bertz CT molecular complexity index is 801. The van der Waals surface area contributed by atoms with Gasteiger partial charge in [-0.15, -0.1) is 11.3 Å². The van der Waals surface area contributed by atoms with Gasteiger partial charge in [0.05, 0.1) is 19.5 Å². The molecule has 1 aromatic heterocycles. The number of nitrogens with one attached hydrogen (secondary N) is 1. The standard InChI is InChI=1S/C11H7BrCl2N2O2S3/c12-10-7(14)4-9(20-10)21(17,18)16-8-3-5(11(15)19)1-2-6(8)13/h1-4,16H,(H2,15,19). The predicted octanol–water partition coefficient (Wildman–Crippen LogP) is 4.25.